The van der Waals surface area contributed by atoms with Gasteiger partial charge in [-0.25, -0.2) is 0 Å². The minimum Gasteiger partial charge on any atom is -0.369 e. The van der Waals surface area contributed by atoms with Gasteiger partial charge < -0.3 is 4.90 Å². The number of likely N-dealkylation sites (tertiary alicyclic amines) is 1. The lowest BCUT2D eigenvalue weighted by Crippen LogP contribution is -2.52. The third-order valence-corrected chi connectivity index (χ3v) is 5.18. The second-order valence-electron chi connectivity index (χ2n) is 6.90. The lowest BCUT2D eigenvalue weighted by atomic mass is 9.92. The second-order valence-corrected chi connectivity index (χ2v) is 6.90. The maximum absolute atomic E-state index is 12.8. The third-order valence-electron chi connectivity index (χ3n) is 5.18. The predicted octanol–water partition coefficient (Wildman–Crippen LogP) is 5.18. The summed E-state index contributed by atoms with van der Waals surface area (Å²) in [5.41, 5.74) is 0.312. The number of halogens is 3. The molecule has 5 heteroatoms. The summed E-state index contributed by atoms with van der Waals surface area (Å²) in [6, 6.07) is 7.09. The summed E-state index contributed by atoms with van der Waals surface area (Å²) in [5.74, 6) is 0. The van der Waals surface area contributed by atoms with E-state index >= 15 is 0 Å². The van der Waals surface area contributed by atoms with Crippen molar-refractivity contribution in [1.82, 2.24) is 4.90 Å². The number of piperidine rings is 1. The van der Waals surface area contributed by atoms with Crippen molar-refractivity contribution in [2.45, 2.75) is 71.3 Å². The first-order chi connectivity index (χ1) is 11.3. The Morgan fingerprint density at radius 3 is 2.25 bits per heavy atom. The summed E-state index contributed by atoms with van der Waals surface area (Å²) in [5, 5.41) is 0. The second kappa shape index (κ2) is 7.77. The van der Waals surface area contributed by atoms with Gasteiger partial charge in [0, 0.05) is 36.9 Å². The standard InChI is InChI=1S/C19H29F3N2/c1-5-16-13-18(11-12-24(16)14(3)4)23(6-2)17-9-7-15(8-10-17)19(20,21)22/h7-10,14,16,18H,5-6,11-13H2,1-4H3. The quantitative estimate of drug-likeness (QED) is 0.727. The molecular formula is C19H29F3N2. The largest absolute Gasteiger partial charge is 0.416 e. The molecule has 1 saturated heterocycles. The van der Waals surface area contributed by atoms with Crippen LogP contribution in [-0.2, 0) is 6.18 Å². The zero-order chi connectivity index (χ0) is 17.9. The molecule has 0 N–H and O–H groups in total. The average Bonchev–Trinajstić information content (AvgIpc) is 2.54. The van der Waals surface area contributed by atoms with Gasteiger partial charge in [0.15, 0.2) is 0 Å². The molecule has 0 spiro atoms. The molecule has 0 aromatic heterocycles. The topological polar surface area (TPSA) is 6.48 Å². The van der Waals surface area contributed by atoms with E-state index in [1.54, 1.807) is 12.1 Å². The smallest absolute Gasteiger partial charge is 0.369 e. The Balaban J connectivity index is 2.14. The van der Waals surface area contributed by atoms with Crippen molar-refractivity contribution in [3.63, 3.8) is 0 Å². The molecular weight excluding hydrogens is 313 g/mol. The van der Waals surface area contributed by atoms with Crippen LogP contribution >= 0.6 is 0 Å². The molecule has 2 atom stereocenters. The molecule has 1 aromatic rings. The van der Waals surface area contributed by atoms with E-state index < -0.39 is 11.7 Å². The van der Waals surface area contributed by atoms with Gasteiger partial charge in [0.1, 0.15) is 0 Å². The number of nitrogens with zero attached hydrogens (tertiary/aromatic N) is 2. The van der Waals surface area contributed by atoms with Gasteiger partial charge in [-0.1, -0.05) is 6.92 Å². The molecule has 24 heavy (non-hydrogen) atoms. The average molecular weight is 342 g/mol. The van der Waals surface area contributed by atoms with Crippen LogP contribution in [0.1, 0.15) is 52.5 Å². The molecule has 1 heterocycles. The monoisotopic (exact) mass is 342 g/mol. The highest BCUT2D eigenvalue weighted by molar-refractivity contribution is 5.49. The fourth-order valence-electron chi connectivity index (χ4n) is 3.91. The van der Waals surface area contributed by atoms with Crippen molar-refractivity contribution in [1.29, 1.82) is 0 Å². The predicted molar refractivity (Wildman–Crippen MR) is 93.4 cm³/mol. The van der Waals surface area contributed by atoms with Crippen molar-refractivity contribution in [3.05, 3.63) is 29.8 Å². The van der Waals surface area contributed by atoms with Gasteiger partial charge in [-0.05, 0) is 64.3 Å². The first-order valence-electron chi connectivity index (χ1n) is 8.97. The van der Waals surface area contributed by atoms with Crippen molar-refractivity contribution in [2.75, 3.05) is 18.0 Å². The van der Waals surface area contributed by atoms with Crippen LogP contribution in [0.4, 0.5) is 18.9 Å². The number of anilines is 1. The molecule has 1 aliphatic rings. The highest BCUT2D eigenvalue weighted by atomic mass is 19.4. The van der Waals surface area contributed by atoms with Gasteiger partial charge in [-0.2, -0.15) is 13.2 Å². The zero-order valence-corrected chi connectivity index (χ0v) is 15.1. The summed E-state index contributed by atoms with van der Waals surface area (Å²) < 4.78 is 38.3. The van der Waals surface area contributed by atoms with E-state index in [1.807, 2.05) is 0 Å². The molecule has 2 nitrogen and oxygen atoms in total. The molecule has 0 radical (unpaired) electrons. The molecule has 136 valence electrons. The third kappa shape index (κ3) is 4.24. The SMILES string of the molecule is CCC1CC(N(CC)c2ccc(C(F)(F)F)cc2)CCN1C(C)C. The summed E-state index contributed by atoms with van der Waals surface area (Å²) in [6.45, 7) is 10.6. The van der Waals surface area contributed by atoms with Crippen LogP contribution in [0.5, 0.6) is 0 Å². The summed E-state index contributed by atoms with van der Waals surface area (Å²) in [7, 11) is 0. The highest BCUT2D eigenvalue weighted by Gasteiger charge is 2.33. The number of hydrogen-bond donors (Lipinski definition) is 0. The van der Waals surface area contributed by atoms with Crippen LogP contribution in [0.2, 0.25) is 0 Å². The zero-order valence-electron chi connectivity index (χ0n) is 15.1. The molecule has 0 amide bonds. The van der Waals surface area contributed by atoms with Crippen LogP contribution in [0.25, 0.3) is 0 Å². The van der Waals surface area contributed by atoms with Crippen molar-refractivity contribution >= 4 is 5.69 Å². The van der Waals surface area contributed by atoms with Crippen molar-refractivity contribution < 1.29 is 13.2 Å². The van der Waals surface area contributed by atoms with Crippen LogP contribution in [0.3, 0.4) is 0 Å². The van der Waals surface area contributed by atoms with Crippen molar-refractivity contribution in [2.24, 2.45) is 0 Å². The van der Waals surface area contributed by atoms with E-state index in [9.17, 15) is 13.2 Å². The minimum absolute atomic E-state index is 0.395. The fourth-order valence-corrected chi connectivity index (χ4v) is 3.91. The summed E-state index contributed by atoms with van der Waals surface area (Å²) in [6.07, 6.45) is -1.03. The van der Waals surface area contributed by atoms with E-state index in [0.717, 1.165) is 38.0 Å². The maximum Gasteiger partial charge on any atom is 0.416 e. The number of rotatable bonds is 5. The van der Waals surface area contributed by atoms with Crippen LogP contribution in [-0.4, -0.2) is 36.1 Å². The van der Waals surface area contributed by atoms with Crippen LogP contribution < -0.4 is 4.90 Å². The van der Waals surface area contributed by atoms with Gasteiger partial charge in [0.2, 0.25) is 0 Å². The van der Waals surface area contributed by atoms with Gasteiger partial charge in [-0.3, -0.25) is 4.90 Å². The molecule has 1 aromatic carbocycles. The van der Waals surface area contributed by atoms with Crippen LogP contribution in [0.15, 0.2) is 24.3 Å². The highest BCUT2D eigenvalue weighted by Crippen LogP contribution is 2.33. The van der Waals surface area contributed by atoms with Gasteiger partial charge in [0.25, 0.3) is 0 Å². The summed E-state index contributed by atoms with van der Waals surface area (Å²) >= 11 is 0. The maximum atomic E-state index is 12.8. The van der Waals surface area contributed by atoms with Crippen molar-refractivity contribution in [3.8, 4) is 0 Å². The first kappa shape index (κ1) is 19.1. The van der Waals surface area contributed by atoms with E-state index in [-0.39, 0.29) is 0 Å². The fraction of sp³-hybridized carbons (Fsp3) is 0.684. The summed E-state index contributed by atoms with van der Waals surface area (Å²) in [4.78, 5) is 4.82. The molecule has 0 saturated carbocycles. The molecule has 1 aliphatic heterocycles. The minimum atomic E-state index is -4.27. The Bertz CT molecular complexity index is 510. The molecule has 0 aliphatic carbocycles. The Hall–Kier alpha value is -1.23. The molecule has 0 bridgehead atoms. The molecule has 2 rings (SSSR count). The van der Waals surface area contributed by atoms with Crippen LogP contribution in [0, 0.1) is 0 Å². The lowest BCUT2D eigenvalue weighted by Gasteiger charge is -2.45. The Kier molecular flexibility index (Phi) is 6.18. The molecule has 2 unspecified atom stereocenters. The lowest BCUT2D eigenvalue weighted by molar-refractivity contribution is -0.137. The number of alkyl halides is 3. The normalized spacial score (nSPS) is 22.8. The Morgan fingerprint density at radius 1 is 1.17 bits per heavy atom. The van der Waals surface area contributed by atoms with E-state index in [2.05, 4.69) is 37.5 Å². The van der Waals surface area contributed by atoms with E-state index in [4.69, 9.17) is 0 Å². The Labute approximate surface area is 143 Å². The molecule has 1 fully saturated rings. The van der Waals surface area contributed by atoms with E-state index in [0.29, 0.717) is 18.1 Å². The van der Waals surface area contributed by atoms with E-state index in [1.165, 1.54) is 12.1 Å². The Morgan fingerprint density at radius 2 is 1.79 bits per heavy atom. The number of benzene rings is 1. The van der Waals surface area contributed by atoms with Gasteiger partial charge in [-0.15, -0.1) is 0 Å². The first-order valence-corrected chi connectivity index (χ1v) is 8.97. The van der Waals surface area contributed by atoms with Gasteiger partial charge >= 0.3 is 6.18 Å². The van der Waals surface area contributed by atoms with Gasteiger partial charge in [0.05, 0.1) is 5.56 Å². The number of hydrogen-bond acceptors (Lipinski definition) is 2.